The summed E-state index contributed by atoms with van der Waals surface area (Å²) in [5.74, 6) is -0.271. The number of rotatable bonds is 4. The average Bonchev–Trinajstić information content (AvgIpc) is 2.88. The topological polar surface area (TPSA) is 59.3 Å². The molecule has 5 nitrogen and oxygen atoms in total. The summed E-state index contributed by atoms with van der Waals surface area (Å²) < 4.78 is 3.14. The molecule has 6 heteroatoms. The van der Waals surface area contributed by atoms with E-state index in [0.717, 1.165) is 27.1 Å². The zero-order valence-electron chi connectivity index (χ0n) is 15.7. The lowest BCUT2D eigenvalue weighted by Crippen LogP contribution is -2.17. The second kappa shape index (κ2) is 7.88. The van der Waals surface area contributed by atoms with Gasteiger partial charge in [-0.3, -0.25) is 9.78 Å². The second-order valence-electron chi connectivity index (χ2n) is 6.44. The lowest BCUT2D eigenvalue weighted by atomic mass is 10.1. The molecule has 2 aromatic heterocycles. The Labute approximate surface area is 167 Å². The van der Waals surface area contributed by atoms with Crippen molar-refractivity contribution in [3.63, 3.8) is 0 Å². The number of aromatic nitrogens is 2. The minimum atomic E-state index is -0.271. The summed E-state index contributed by atoms with van der Waals surface area (Å²) in [7, 11) is 0. The van der Waals surface area contributed by atoms with Gasteiger partial charge in [-0.15, -0.1) is 0 Å². The highest BCUT2D eigenvalue weighted by molar-refractivity contribution is 9.10. The van der Waals surface area contributed by atoms with Gasteiger partial charge in [-0.25, -0.2) is 5.43 Å². The largest absolute Gasteiger partial charge is 0.317 e. The first kappa shape index (κ1) is 19.0. The van der Waals surface area contributed by atoms with Crippen LogP contribution in [0.15, 0.2) is 52.3 Å². The van der Waals surface area contributed by atoms with Crippen molar-refractivity contribution in [1.82, 2.24) is 15.0 Å². The lowest BCUT2D eigenvalue weighted by molar-refractivity contribution is 0.0955. The molecule has 0 unspecified atom stereocenters. The molecule has 0 aliphatic carbocycles. The number of aryl methyl sites for hydroxylation is 2. The van der Waals surface area contributed by atoms with Gasteiger partial charge in [0.1, 0.15) is 0 Å². The fourth-order valence-electron chi connectivity index (χ4n) is 2.95. The van der Waals surface area contributed by atoms with Crippen LogP contribution in [-0.2, 0) is 0 Å². The van der Waals surface area contributed by atoms with E-state index in [1.165, 1.54) is 11.1 Å². The number of hydrogen-bond acceptors (Lipinski definition) is 3. The Hall–Kier alpha value is -2.73. The number of pyridine rings is 1. The number of carbonyl (C=O) groups excluding carboxylic acids is 1. The molecular weight excluding hydrogens is 404 g/mol. The third-order valence-electron chi connectivity index (χ3n) is 4.67. The molecule has 0 spiro atoms. The summed E-state index contributed by atoms with van der Waals surface area (Å²) in [6.45, 7) is 8.31. The fraction of sp³-hybridized carbons (Fsp3) is 0.190. The summed E-state index contributed by atoms with van der Waals surface area (Å²) >= 11 is 3.66. The van der Waals surface area contributed by atoms with Gasteiger partial charge in [0.15, 0.2) is 0 Å². The first-order chi connectivity index (χ1) is 12.9. The molecule has 0 radical (unpaired) electrons. The minimum Gasteiger partial charge on any atom is -0.317 e. The Kier molecular flexibility index (Phi) is 5.56. The molecule has 1 N–H and O–H groups in total. The van der Waals surface area contributed by atoms with Gasteiger partial charge in [-0.05, 0) is 79.0 Å². The van der Waals surface area contributed by atoms with Gasteiger partial charge in [-0.2, -0.15) is 5.10 Å². The monoisotopic (exact) mass is 424 g/mol. The van der Waals surface area contributed by atoms with E-state index in [-0.39, 0.29) is 5.91 Å². The molecular formula is C21H21BrN4O. The number of halogens is 1. The van der Waals surface area contributed by atoms with Crippen LogP contribution in [0.3, 0.4) is 0 Å². The summed E-state index contributed by atoms with van der Waals surface area (Å²) in [6, 6.07) is 9.70. The lowest BCUT2D eigenvalue weighted by Gasteiger charge is -2.11. The third kappa shape index (κ3) is 3.85. The maximum absolute atomic E-state index is 12.1. The van der Waals surface area contributed by atoms with Crippen LogP contribution in [0.1, 0.15) is 38.4 Å². The van der Waals surface area contributed by atoms with Gasteiger partial charge in [0.25, 0.3) is 5.91 Å². The number of nitrogens with one attached hydrogen (secondary N) is 1. The third-order valence-corrected chi connectivity index (χ3v) is 5.67. The van der Waals surface area contributed by atoms with Crippen molar-refractivity contribution < 1.29 is 4.79 Å². The molecule has 0 fully saturated rings. The predicted octanol–water partition coefficient (Wildman–Crippen LogP) is 4.63. The Morgan fingerprint density at radius 1 is 1.07 bits per heavy atom. The molecule has 0 atom stereocenters. The zero-order chi connectivity index (χ0) is 19.6. The predicted molar refractivity (Wildman–Crippen MR) is 112 cm³/mol. The second-order valence-corrected chi connectivity index (χ2v) is 7.23. The van der Waals surface area contributed by atoms with Gasteiger partial charge in [0.05, 0.1) is 6.21 Å². The standard InChI is InChI=1S/C21H21BrN4O/c1-13-5-6-18(11-14(13)2)26-15(3)19(20(22)16(26)4)12-24-25-21(27)17-7-9-23-10-8-17/h5-12H,1-4H3,(H,25,27). The van der Waals surface area contributed by atoms with E-state index in [1.54, 1.807) is 30.7 Å². The molecule has 0 bridgehead atoms. The first-order valence-corrected chi connectivity index (χ1v) is 9.38. The SMILES string of the molecule is Cc1ccc(-n2c(C)c(Br)c(C=NNC(=O)c3ccncc3)c2C)cc1C. The van der Waals surface area contributed by atoms with Crippen LogP contribution in [0.2, 0.25) is 0 Å². The highest BCUT2D eigenvalue weighted by Crippen LogP contribution is 2.30. The van der Waals surface area contributed by atoms with Crippen LogP contribution < -0.4 is 5.43 Å². The maximum Gasteiger partial charge on any atom is 0.271 e. The van der Waals surface area contributed by atoms with Crippen molar-refractivity contribution in [2.75, 3.05) is 0 Å². The molecule has 0 saturated carbocycles. The number of hydrazone groups is 1. The summed E-state index contributed by atoms with van der Waals surface area (Å²) in [4.78, 5) is 16.0. The highest BCUT2D eigenvalue weighted by Gasteiger charge is 2.16. The molecule has 2 heterocycles. The van der Waals surface area contributed by atoms with Crippen LogP contribution in [0.4, 0.5) is 0 Å². The van der Waals surface area contributed by atoms with Crippen molar-refractivity contribution in [3.05, 3.63) is 80.8 Å². The van der Waals surface area contributed by atoms with Gasteiger partial charge in [-0.1, -0.05) is 6.07 Å². The number of hydrogen-bond donors (Lipinski definition) is 1. The van der Waals surface area contributed by atoms with E-state index in [0.29, 0.717) is 5.56 Å². The van der Waals surface area contributed by atoms with E-state index in [9.17, 15) is 4.79 Å². The number of carbonyl (C=O) groups is 1. The van der Waals surface area contributed by atoms with Crippen molar-refractivity contribution in [2.24, 2.45) is 5.10 Å². The van der Waals surface area contributed by atoms with Gasteiger partial charge < -0.3 is 4.57 Å². The Balaban J connectivity index is 1.89. The van der Waals surface area contributed by atoms with Crippen LogP contribution in [0, 0.1) is 27.7 Å². The fourth-order valence-corrected chi connectivity index (χ4v) is 3.52. The molecule has 1 aromatic carbocycles. The number of nitrogens with zero attached hydrogens (tertiary/aromatic N) is 3. The van der Waals surface area contributed by atoms with E-state index >= 15 is 0 Å². The molecule has 0 saturated heterocycles. The molecule has 0 aliphatic rings. The normalized spacial score (nSPS) is 11.1. The summed E-state index contributed by atoms with van der Waals surface area (Å²) in [6.07, 6.45) is 4.82. The van der Waals surface area contributed by atoms with Crippen molar-refractivity contribution in [2.45, 2.75) is 27.7 Å². The molecule has 3 aromatic rings. The number of amides is 1. The minimum absolute atomic E-state index is 0.271. The van der Waals surface area contributed by atoms with Crippen molar-refractivity contribution in [3.8, 4) is 5.69 Å². The summed E-state index contributed by atoms with van der Waals surface area (Å²) in [5, 5.41) is 4.13. The Morgan fingerprint density at radius 3 is 2.44 bits per heavy atom. The zero-order valence-corrected chi connectivity index (χ0v) is 17.3. The molecule has 1 amide bonds. The molecule has 0 aliphatic heterocycles. The maximum atomic E-state index is 12.1. The summed E-state index contributed by atoms with van der Waals surface area (Å²) in [5.41, 5.74) is 9.75. The average molecular weight is 425 g/mol. The van der Waals surface area contributed by atoms with Crippen LogP contribution in [0.5, 0.6) is 0 Å². The van der Waals surface area contributed by atoms with Crippen LogP contribution in [0.25, 0.3) is 5.69 Å². The van der Waals surface area contributed by atoms with Crippen molar-refractivity contribution in [1.29, 1.82) is 0 Å². The smallest absolute Gasteiger partial charge is 0.271 e. The first-order valence-electron chi connectivity index (χ1n) is 8.58. The quantitative estimate of drug-likeness (QED) is 0.490. The number of benzene rings is 1. The van der Waals surface area contributed by atoms with Gasteiger partial charge in [0, 0.05) is 45.1 Å². The van der Waals surface area contributed by atoms with E-state index < -0.39 is 0 Å². The Morgan fingerprint density at radius 2 is 1.78 bits per heavy atom. The van der Waals surface area contributed by atoms with Gasteiger partial charge >= 0.3 is 0 Å². The van der Waals surface area contributed by atoms with E-state index in [4.69, 9.17) is 0 Å². The molecule has 138 valence electrons. The van der Waals surface area contributed by atoms with Gasteiger partial charge in [0.2, 0.25) is 0 Å². The molecule has 3 rings (SSSR count). The van der Waals surface area contributed by atoms with E-state index in [2.05, 4.69) is 75.0 Å². The van der Waals surface area contributed by atoms with Crippen LogP contribution >= 0.6 is 15.9 Å². The van der Waals surface area contributed by atoms with Crippen LogP contribution in [-0.4, -0.2) is 21.7 Å². The molecule has 27 heavy (non-hydrogen) atoms. The van der Waals surface area contributed by atoms with E-state index in [1.807, 2.05) is 6.92 Å². The highest BCUT2D eigenvalue weighted by atomic mass is 79.9. The Bertz CT molecular complexity index is 1020. The van der Waals surface area contributed by atoms with Crippen molar-refractivity contribution >= 4 is 28.1 Å².